The van der Waals surface area contributed by atoms with E-state index in [-0.39, 0.29) is 22.7 Å². The Kier molecular flexibility index (Phi) is 4.05. The molecule has 0 radical (unpaired) electrons. The second kappa shape index (κ2) is 5.69. The topological polar surface area (TPSA) is 66.8 Å². The van der Waals surface area contributed by atoms with Crippen molar-refractivity contribution in [2.45, 2.75) is 83.3 Å². The van der Waals surface area contributed by atoms with Crippen LogP contribution in [0.25, 0.3) is 0 Å². The molecule has 0 spiro atoms. The summed E-state index contributed by atoms with van der Waals surface area (Å²) in [7, 11) is 1.51. The van der Waals surface area contributed by atoms with Crippen molar-refractivity contribution >= 4 is 5.97 Å². The van der Waals surface area contributed by atoms with Crippen LogP contribution in [0.5, 0.6) is 0 Å². The van der Waals surface area contributed by atoms with Crippen LogP contribution in [-0.2, 0) is 9.53 Å². The van der Waals surface area contributed by atoms with Gasteiger partial charge in [-0.15, -0.1) is 0 Å². The van der Waals surface area contributed by atoms with Crippen molar-refractivity contribution in [3.8, 4) is 0 Å². The first-order chi connectivity index (χ1) is 11.8. The molecular formula is C21H34O4. The molecule has 4 rings (SSSR count). The average Bonchev–Trinajstić information content (AvgIpc) is 2.94. The number of aliphatic hydroxyl groups excluding tert-OH is 1. The number of carbonyl (C=O) groups excluding carboxylic acids is 1. The number of fused-ring (bicyclic) bond motifs is 5. The Morgan fingerprint density at radius 3 is 2.48 bits per heavy atom. The van der Waals surface area contributed by atoms with Crippen molar-refractivity contribution in [1.29, 1.82) is 0 Å². The number of ether oxygens (including phenoxy) is 1. The molecule has 0 unspecified atom stereocenters. The van der Waals surface area contributed by atoms with Crippen LogP contribution in [0.15, 0.2) is 0 Å². The second-order valence-corrected chi connectivity index (χ2v) is 9.86. The van der Waals surface area contributed by atoms with Gasteiger partial charge in [0.05, 0.1) is 24.7 Å². The van der Waals surface area contributed by atoms with Gasteiger partial charge in [-0.05, 0) is 74.5 Å². The minimum atomic E-state index is -0.916. The van der Waals surface area contributed by atoms with E-state index in [4.69, 9.17) is 4.74 Å². The van der Waals surface area contributed by atoms with E-state index in [1.165, 1.54) is 7.11 Å². The number of esters is 1. The molecule has 0 heterocycles. The lowest BCUT2D eigenvalue weighted by molar-refractivity contribution is -0.245. The molecule has 142 valence electrons. The van der Waals surface area contributed by atoms with Crippen molar-refractivity contribution < 1.29 is 19.7 Å². The maximum Gasteiger partial charge on any atom is 0.309 e. The minimum absolute atomic E-state index is 0.0323. The number of aliphatic hydroxyl groups is 2. The number of hydrogen-bond acceptors (Lipinski definition) is 4. The van der Waals surface area contributed by atoms with Gasteiger partial charge >= 0.3 is 5.97 Å². The molecule has 0 amide bonds. The van der Waals surface area contributed by atoms with Crippen LogP contribution >= 0.6 is 0 Å². The second-order valence-electron chi connectivity index (χ2n) is 9.86. The first kappa shape index (κ1) is 17.8. The molecule has 0 aromatic carbocycles. The van der Waals surface area contributed by atoms with Gasteiger partial charge in [-0.1, -0.05) is 20.3 Å². The molecule has 2 N–H and O–H groups in total. The summed E-state index contributed by atoms with van der Waals surface area (Å²) in [5.74, 6) is 1.60. The third-order valence-electron chi connectivity index (χ3n) is 9.31. The summed E-state index contributed by atoms with van der Waals surface area (Å²) >= 11 is 0. The Morgan fingerprint density at radius 1 is 1.00 bits per heavy atom. The van der Waals surface area contributed by atoms with Crippen LogP contribution in [0.4, 0.5) is 0 Å². The summed E-state index contributed by atoms with van der Waals surface area (Å²) in [6.07, 6.45) is 8.04. The summed E-state index contributed by atoms with van der Waals surface area (Å²) in [5, 5.41) is 22.0. The highest BCUT2D eigenvalue weighted by atomic mass is 16.5. The molecule has 4 aliphatic carbocycles. The van der Waals surface area contributed by atoms with Crippen molar-refractivity contribution in [2.75, 3.05) is 7.11 Å². The Balaban J connectivity index is 1.65. The van der Waals surface area contributed by atoms with E-state index in [9.17, 15) is 15.0 Å². The molecule has 0 aromatic rings. The molecule has 0 aromatic heterocycles. The quantitative estimate of drug-likeness (QED) is 0.712. The summed E-state index contributed by atoms with van der Waals surface area (Å²) in [6.45, 7) is 4.54. The van der Waals surface area contributed by atoms with E-state index in [1.54, 1.807) is 0 Å². The number of carbonyl (C=O) groups is 1. The van der Waals surface area contributed by atoms with Crippen molar-refractivity contribution in [2.24, 2.45) is 34.5 Å². The SMILES string of the molecule is COC(=O)[C@H]1CC[C@H]2[C@@H]3CC[C@@]4(O)[C@@H](O)CCC[C@]4(C)[C@H]3CC[C@]12C. The van der Waals surface area contributed by atoms with Crippen LogP contribution in [0, 0.1) is 34.5 Å². The van der Waals surface area contributed by atoms with Gasteiger partial charge in [0.15, 0.2) is 0 Å². The predicted octanol–water partition coefficient (Wildman–Crippen LogP) is 3.29. The van der Waals surface area contributed by atoms with E-state index in [0.29, 0.717) is 24.2 Å². The first-order valence-corrected chi connectivity index (χ1v) is 10.3. The first-order valence-electron chi connectivity index (χ1n) is 10.3. The fourth-order valence-corrected chi connectivity index (χ4v) is 7.85. The van der Waals surface area contributed by atoms with E-state index in [2.05, 4.69) is 13.8 Å². The minimum Gasteiger partial charge on any atom is -0.469 e. The Labute approximate surface area is 151 Å². The van der Waals surface area contributed by atoms with Gasteiger partial charge in [0.25, 0.3) is 0 Å². The summed E-state index contributed by atoms with van der Waals surface area (Å²) < 4.78 is 5.11. The van der Waals surface area contributed by atoms with Crippen LogP contribution in [0.3, 0.4) is 0 Å². The normalized spacial score (nSPS) is 55.0. The largest absolute Gasteiger partial charge is 0.469 e. The molecule has 4 fully saturated rings. The van der Waals surface area contributed by atoms with E-state index in [1.807, 2.05) is 0 Å². The molecule has 4 aliphatic rings. The average molecular weight is 350 g/mol. The predicted molar refractivity (Wildman–Crippen MR) is 94.7 cm³/mol. The lowest BCUT2D eigenvalue weighted by atomic mass is 9.43. The van der Waals surface area contributed by atoms with E-state index >= 15 is 0 Å². The zero-order valence-corrected chi connectivity index (χ0v) is 16.0. The zero-order valence-electron chi connectivity index (χ0n) is 16.0. The maximum absolute atomic E-state index is 12.3. The van der Waals surface area contributed by atoms with Gasteiger partial charge in [0, 0.05) is 5.41 Å². The summed E-state index contributed by atoms with van der Waals surface area (Å²) in [6, 6.07) is 0. The van der Waals surface area contributed by atoms with Crippen LogP contribution in [-0.4, -0.2) is 35.0 Å². The van der Waals surface area contributed by atoms with Crippen LogP contribution < -0.4 is 0 Å². The molecule has 0 saturated heterocycles. The smallest absolute Gasteiger partial charge is 0.309 e. The molecule has 4 heteroatoms. The summed E-state index contributed by atoms with van der Waals surface area (Å²) in [5.41, 5.74) is -1.05. The molecule has 4 nitrogen and oxygen atoms in total. The fourth-order valence-electron chi connectivity index (χ4n) is 7.85. The molecule has 4 saturated carbocycles. The van der Waals surface area contributed by atoms with Gasteiger partial charge in [-0.25, -0.2) is 0 Å². The highest BCUT2D eigenvalue weighted by Crippen LogP contribution is 2.68. The fraction of sp³-hybridized carbons (Fsp3) is 0.952. The molecule has 0 aliphatic heterocycles. The third-order valence-corrected chi connectivity index (χ3v) is 9.31. The molecule has 25 heavy (non-hydrogen) atoms. The molecular weight excluding hydrogens is 316 g/mol. The molecule has 0 bridgehead atoms. The zero-order chi connectivity index (χ0) is 18.0. The summed E-state index contributed by atoms with van der Waals surface area (Å²) in [4.78, 5) is 12.3. The van der Waals surface area contributed by atoms with Gasteiger partial charge < -0.3 is 14.9 Å². The Morgan fingerprint density at radius 2 is 1.76 bits per heavy atom. The highest BCUT2D eigenvalue weighted by molar-refractivity contribution is 5.73. The number of methoxy groups -OCH3 is 1. The van der Waals surface area contributed by atoms with Gasteiger partial charge in [-0.3, -0.25) is 4.79 Å². The highest BCUT2D eigenvalue weighted by Gasteiger charge is 2.66. The number of hydrogen-bond donors (Lipinski definition) is 2. The van der Waals surface area contributed by atoms with Crippen molar-refractivity contribution in [3.05, 3.63) is 0 Å². The van der Waals surface area contributed by atoms with E-state index < -0.39 is 11.7 Å². The lowest BCUT2D eigenvalue weighted by Crippen LogP contribution is -2.66. The number of rotatable bonds is 1. The van der Waals surface area contributed by atoms with Gasteiger partial charge in [0.2, 0.25) is 0 Å². The third kappa shape index (κ3) is 2.16. The van der Waals surface area contributed by atoms with Crippen LogP contribution in [0.1, 0.15) is 71.6 Å². The maximum atomic E-state index is 12.3. The van der Waals surface area contributed by atoms with Gasteiger partial charge in [0.1, 0.15) is 0 Å². The molecule has 8 atom stereocenters. The standard InChI is InChI=1S/C21H34O4/c1-19-11-9-15-13(14(19)6-7-16(19)18(23)25-3)8-12-21(24)17(22)5-4-10-20(15,21)2/h13-17,22,24H,4-12H2,1-3H3/t13-,14-,15-,16+,17-,19-,20+,21+/m0/s1. The van der Waals surface area contributed by atoms with E-state index in [0.717, 1.165) is 51.4 Å². The van der Waals surface area contributed by atoms with Crippen molar-refractivity contribution in [3.63, 3.8) is 0 Å². The van der Waals surface area contributed by atoms with Crippen molar-refractivity contribution in [1.82, 2.24) is 0 Å². The van der Waals surface area contributed by atoms with Gasteiger partial charge in [-0.2, -0.15) is 0 Å². The lowest BCUT2D eigenvalue weighted by Gasteiger charge is -2.64. The van der Waals surface area contributed by atoms with Crippen LogP contribution in [0.2, 0.25) is 0 Å². The Hall–Kier alpha value is -0.610. The monoisotopic (exact) mass is 350 g/mol. The Bertz CT molecular complexity index is 562.